The molecule has 1 heterocycles. The van der Waals surface area contributed by atoms with E-state index in [-0.39, 0.29) is 51.4 Å². The van der Waals surface area contributed by atoms with Gasteiger partial charge in [-0.15, -0.1) is 0 Å². The second-order valence-electron chi connectivity index (χ2n) is 2.87. The van der Waals surface area contributed by atoms with Crippen molar-refractivity contribution in [1.29, 1.82) is 0 Å². The second-order valence-corrected chi connectivity index (χ2v) is 4.03. The van der Waals surface area contributed by atoms with Crippen LogP contribution in [0.2, 0.25) is 0 Å². The van der Waals surface area contributed by atoms with E-state index in [0.29, 0.717) is 0 Å². The molecular formula is C6H10KO9P. The Balaban J connectivity index is 0.00000256. The summed E-state index contributed by atoms with van der Waals surface area (Å²) in [6.07, 6.45) is -3.31. The van der Waals surface area contributed by atoms with Crippen molar-refractivity contribution in [2.24, 2.45) is 0 Å². The fraction of sp³-hybridized carbons (Fsp3) is 0.500. The van der Waals surface area contributed by atoms with Crippen LogP contribution in [0.1, 0.15) is 0 Å². The maximum absolute atomic E-state index is 10.8. The van der Waals surface area contributed by atoms with Gasteiger partial charge >= 0.3 is 65.2 Å². The third kappa shape index (κ3) is 4.60. The van der Waals surface area contributed by atoms with E-state index in [1.807, 2.05) is 0 Å². The fourth-order valence-corrected chi connectivity index (χ4v) is 1.48. The van der Waals surface area contributed by atoms with Crippen LogP contribution >= 0.6 is 7.82 Å². The number of aliphatic hydroxyl groups excluding tert-OH is 3. The molecule has 0 saturated carbocycles. The summed E-state index contributed by atoms with van der Waals surface area (Å²) in [5.74, 6) is -3.36. The molecule has 0 bridgehead atoms. The predicted molar refractivity (Wildman–Crippen MR) is 52.9 cm³/mol. The molecule has 1 aliphatic heterocycles. The topological polar surface area (TPSA) is 154 Å². The van der Waals surface area contributed by atoms with Crippen molar-refractivity contribution in [2.45, 2.75) is 12.2 Å². The zero-order chi connectivity index (χ0) is 12.5. The van der Waals surface area contributed by atoms with Gasteiger partial charge in [-0.1, -0.05) is 0 Å². The van der Waals surface area contributed by atoms with Gasteiger partial charge in [0.1, 0.15) is 6.10 Å². The van der Waals surface area contributed by atoms with Gasteiger partial charge in [-0.25, -0.2) is 9.36 Å². The molecule has 1 rings (SSSR count). The number of carbonyl (C=O) groups is 1. The molecule has 17 heavy (non-hydrogen) atoms. The summed E-state index contributed by atoms with van der Waals surface area (Å²) in [4.78, 5) is 27.8. The molecule has 0 fully saturated rings. The number of phosphoric acid groups is 1. The van der Waals surface area contributed by atoms with Crippen LogP contribution in [0.25, 0.3) is 0 Å². The molecule has 94 valence electrons. The van der Waals surface area contributed by atoms with Gasteiger partial charge in [-0.2, -0.15) is 0 Å². The summed E-state index contributed by atoms with van der Waals surface area (Å²) in [6, 6.07) is 0. The van der Waals surface area contributed by atoms with E-state index in [1.165, 1.54) is 0 Å². The molecule has 0 radical (unpaired) electrons. The van der Waals surface area contributed by atoms with Gasteiger partial charge in [0.05, 0.1) is 6.61 Å². The quantitative estimate of drug-likeness (QED) is 0.215. The SMILES string of the molecule is O=C1O[C@H]([C@@H](O)CO)C(OP(=O)(O)O)=C1O.[KH]. The normalized spacial score (nSPS) is 21.9. The first-order valence-electron chi connectivity index (χ1n) is 3.94. The molecular weight excluding hydrogens is 286 g/mol. The molecule has 1 aliphatic rings. The number of carbonyl (C=O) groups excluding carboxylic acids is 1. The zero-order valence-corrected chi connectivity index (χ0v) is 8.57. The summed E-state index contributed by atoms with van der Waals surface area (Å²) in [5.41, 5.74) is 0. The molecule has 0 aromatic carbocycles. The Bertz CT molecular complexity index is 374. The standard InChI is InChI=1S/C6H9O9P.K.H/c7-1-2(8)4-5(15-16(11,12)13)3(9)6(10)14-4;;/h2,4,7-9H,1H2,(H2,11,12,13);;/t2-,4+;;/m0../s1. The number of phosphoric ester groups is 1. The Labute approximate surface area is 138 Å². The zero-order valence-electron chi connectivity index (χ0n) is 7.68. The fourth-order valence-electron chi connectivity index (χ4n) is 1.03. The summed E-state index contributed by atoms with van der Waals surface area (Å²) < 4.78 is 18.9. The van der Waals surface area contributed by atoms with E-state index in [1.54, 1.807) is 0 Å². The van der Waals surface area contributed by atoms with Crippen LogP contribution in [0.4, 0.5) is 0 Å². The van der Waals surface area contributed by atoms with Crippen molar-refractivity contribution in [3.63, 3.8) is 0 Å². The molecule has 5 N–H and O–H groups in total. The van der Waals surface area contributed by atoms with Crippen LogP contribution in [-0.2, 0) is 18.6 Å². The number of cyclic esters (lactones) is 1. The van der Waals surface area contributed by atoms with E-state index >= 15 is 0 Å². The maximum atomic E-state index is 10.8. The number of hydrogen-bond donors (Lipinski definition) is 5. The average Bonchev–Trinajstić information content (AvgIpc) is 2.43. The summed E-state index contributed by atoms with van der Waals surface area (Å²) >= 11 is 0. The van der Waals surface area contributed by atoms with Gasteiger partial charge < -0.3 is 24.6 Å². The van der Waals surface area contributed by atoms with Gasteiger partial charge in [-0.05, 0) is 0 Å². The first kappa shape index (κ1) is 17.5. The predicted octanol–water partition coefficient (Wildman–Crippen LogP) is -2.50. The van der Waals surface area contributed by atoms with E-state index in [4.69, 9.17) is 25.1 Å². The van der Waals surface area contributed by atoms with Crippen LogP contribution in [0.5, 0.6) is 0 Å². The van der Waals surface area contributed by atoms with Crippen LogP contribution in [-0.4, -0.2) is 101 Å². The molecule has 0 amide bonds. The Morgan fingerprint density at radius 3 is 2.41 bits per heavy atom. The van der Waals surface area contributed by atoms with Crippen LogP contribution in [0, 0.1) is 0 Å². The molecule has 0 saturated heterocycles. The van der Waals surface area contributed by atoms with Gasteiger partial charge in [0.2, 0.25) is 11.5 Å². The van der Waals surface area contributed by atoms with E-state index in [0.717, 1.165) is 0 Å². The Morgan fingerprint density at radius 2 is 2.00 bits per heavy atom. The first-order valence-corrected chi connectivity index (χ1v) is 5.47. The summed E-state index contributed by atoms with van der Waals surface area (Å²) in [7, 11) is -5.01. The second kappa shape index (κ2) is 6.62. The molecule has 0 spiro atoms. The average molecular weight is 296 g/mol. The number of aliphatic hydroxyl groups is 3. The number of hydrogen-bond acceptors (Lipinski definition) is 7. The van der Waals surface area contributed by atoms with Crippen molar-refractivity contribution < 1.29 is 43.7 Å². The Hall–Kier alpha value is 0.516. The van der Waals surface area contributed by atoms with Gasteiger partial charge in [0.25, 0.3) is 0 Å². The first-order chi connectivity index (χ1) is 7.26. The van der Waals surface area contributed by atoms with E-state index in [2.05, 4.69) is 9.26 Å². The van der Waals surface area contributed by atoms with Crippen LogP contribution in [0.15, 0.2) is 11.5 Å². The minimum absolute atomic E-state index is 0. The van der Waals surface area contributed by atoms with Gasteiger partial charge in [0, 0.05) is 0 Å². The Kier molecular flexibility index (Phi) is 6.82. The van der Waals surface area contributed by atoms with Gasteiger partial charge in [-0.3, -0.25) is 9.79 Å². The third-order valence-electron chi connectivity index (χ3n) is 1.67. The van der Waals surface area contributed by atoms with Gasteiger partial charge in [0.15, 0.2) is 6.10 Å². The van der Waals surface area contributed by atoms with Crippen molar-refractivity contribution in [3.8, 4) is 0 Å². The minimum atomic E-state index is -5.01. The van der Waals surface area contributed by atoms with Crippen molar-refractivity contribution >= 4 is 65.2 Å². The summed E-state index contributed by atoms with van der Waals surface area (Å²) in [6.45, 7) is -0.848. The molecule has 0 aromatic rings. The summed E-state index contributed by atoms with van der Waals surface area (Å²) in [5, 5.41) is 26.8. The molecule has 0 aliphatic carbocycles. The third-order valence-corrected chi connectivity index (χ3v) is 2.11. The number of ether oxygens (including phenoxy) is 1. The molecule has 2 atom stereocenters. The van der Waals surface area contributed by atoms with Crippen molar-refractivity contribution in [1.82, 2.24) is 0 Å². The molecule has 0 aromatic heterocycles. The molecule has 0 unspecified atom stereocenters. The van der Waals surface area contributed by atoms with E-state index in [9.17, 15) is 9.36 Å². The number of rotatable bonds is 4. The van der Waals surface area contributed by atoms with Crippen LogP contribution in [0.3, 0.4) is 0 Å². The van der Waals surface area contributed by atoms with E-state index < -0.39 is 44.1 Å². The van der Waals surface area contributed by atoms with Crippen LogP contribution < -0.4 is 0 Å². The number of esters is 1. The monoisotopic (exact) mass is 296 g/mol. The molecule has 11 heteroatoms. The van der Waals surface area contributed by atoms with Crippen molar-refractivity contribution in [3.05, 3.63) is 11.5 Å². The Morgan fingerprint density at radius 1 is 1.47 bits per heavy atom. The molecule has 9 nitrogen and oxygen atoms in total. The van der Waals surface area contributed by atoms with Crippen molar-refractivity contribution in [2.75, 3.05) is 6.61 Å².